The van der Waals surface area contributed by atoms with Gasteiger partial charge in [-0.2, -0.15) is 0 Å². The number of carbonyl (C=O) groups is 1. The average molecular weight is 466 g/mol. The third-order valence-corrected chi connectivity index (χ3v) is 4.88. The number of rotatable bonds is 5. The number of nitrogens with two attached hydrogens (primary N) is 1. The number of fused-ring (bicyclic) bond motifs is 1. The molecule has 3 aromatic rings. The summed E-state index contributed by atoms with van der Waals surface area (Å²) in [5, 5.41) is 0.782. The largest absolute Gasteiger partial charge is 0.493 e. The van der Waals surface area contributed by atoms with E-state index in [1.54, 1.807) is 36.2 Å². The maximum Gasteiger partial charge on any atom is 0.357 e. The van der Waals surface area contributed by atoms with Crippen LogP contribution in [0.5, 0.6) is 11.5 Å². The van der Waals surface area contributed by atoms with E-state index in [1.165, 1.54) is 17.3 Å². The lowest BCUT2D eigenvalue weighted by Gasteiger charge is -2.07. The third-order valence-electron chi connectivity index (χ3n) is 4.40. The van der Waals surface area contributed by atoms with Crippen LogP contribution in [0.1, 0.15) is 23.0 Å². The van der Waals surface area contributed by atoms with Gasteiger partial charge < -0.3 is 18.4 Å². The maximum absolute atomic E-state index is 12.4. The molecule has 7 heteroatoms. The number of nitrogens with zero attached hydrogens (tertiary/aromatic N) is 1. The van der Waals surface area contributed by atoms with E-state index in [4.69, 9.17) is 18.4 Å². The zero-order chi connectivity index (χ0) is 18.8. The molecule has 0 saturated carbocycles. The summed E-state index contributed by atoms with van der Waals surface area (Å²) in [5.74, 6) is 6.82. The molecule has 0 aliphatic heterocycles. The van der Waals surface area contributed by atoms with Crippen molar-refractivity contribution in [1.29, 1.82) is 0 Å². The summed E-state index contributed by atoms with van der Waals surface area (Å²) in [7, 11) is 2.89. The predicted molar refractivity (Wildman–Crippen MR) is 109 cm³/mol. The van der Waals surface area contributed by atoms with Crippen molar-refractivity contribution in [2.24, 2.45) is 0 Å². The van der Waals surface area contributed by atoms with Crippen molar-refractivity contribution in [2.75, 3.05) is 20.1 Å². The molecule has 0 fully saturated rings. The number of aryl methyl sites for hydroxylation is 1. The smallest absolute Gasteiger partial charge is 0.357 e. The lowest BCUT2D eigenvalue weighted by atomic mass is 9.99. The van der Waals surface area contributed by atoms with Crippen LogP contribution < -0.4 is 13.6 Å². The fourth-order valence-corrected chi connectivity index (χ4v) is 3.38. The number of carbonyl (C=O) groups excluding carboxylic acids is 1. The summed E-state index contributed by atoms with van der Waals surface area (Å²) in [6, 6.07) is 11.6. The van der Waals surface area contributed by atoms with Gasteiger partial charge in [0, 0.05) is 17.0 Å². The fraction of sp³-hybridized carbons (Fsp3) is 0.211. The summed E-state index contributed by atoms with van der Waals surface area (Å²) in [4.78, 5) is 12.4. The van der Waals surface area contributed by atoms with E-state index in [-0.39, 0.29) is 5.69 Å². The minimum atomic E-state index is -0.505. The Bertz CT molecular complexity index is 964. The summed E-state index contributed by atoms with van der Waals surface area (Å²) in [6.07, 6.45) is 0.937. The second-order valence-corrected chi connectivity index (χ2v) is 6.17. The first-order chi connectivity index (χ1) is 12.5. The van der Waals surface area contributed by atoms with Gasteiger partial charge in [0.2, 0.25) is 0 Å². The first-order valence-corrected chi connectivity index (χ1v) is 8.91. The highest BCUT2D eigenvalue weighted by Gasteiger charge is 2.25. The van der Waals surface area contributed by atoms with Crippen LogP contribution >= 0.6 is 23.0 Å². The van der Waals surface area contributed by atoms with Crippen LogP contribution in [0.3, 0.4) is 0 Å². The number of methoxy groups -OCH3 is 2. The Morgan fingerprint density at radius 3 is 2.38 bits per heavy atom. The van der Waals surface area contributed by atoms with Crippen LogP contribution in [-0.2, 0) is 11.2 Å². The van der Waals surface area contributed by atoms with E-state index < -0.39 is 5.97 Å². The molecular weight excluding hydrogens is 447 g/mol. The van der Waals surface area contributed by atoms with Gasteiger partial charge in [0.1, 0.15) is 0 Å². The van der Waals surface area contributed by atoms with E-state index in [0.29, 0.717) is 22.6 Å². The number of esters is 1. The van der Waals surface area contributed by atoms with Gasteiger partial charge in [-0.3, -0.25) is 4.68 Å². The normalized spacial score (nSPS) is 10.8. The number of benzene rings is 2. The van der Waals surface area contributed by atoms with Gasteiger partial charge in [-0.05, 0) is 23.6 Å². The molecule has 0 aliphatic rings. The summed E-state index contributed by atoms with van der Waals surface area (Å²) < 4.78 is 17.0. The lowest BCUT2D eigenvalue weighted by molar-refractivity contribution is 0.0592. The zero-order valence-electron chi connectivity index (χ0n) is 14.7. The zero-order valence-corrected chi connectivity index (χ0v) is 16.9. The third kappa shape index (κ3) is 2.96. The topological polar surface area (TPSA) is 75.7 Å². The molecule has 0 spiro atoms. The van der Waals surface area contributed by atoms with Crippen LogP contribution in [-0.4, -0.2) is 24.9 Å². The molecule has 1 heterocycles. The first-order valence-electron chi connectivity index (χ1n) is 8.03. The Kier molecular flexibility index (Phi) is 5.26. The van der Waals surface area contributed by atoms with Gasteiger partial charge in [-0.25, -0.2) is 4.79 Å². The average Bonchev–Trinajstić information content (AvgIpc) is 2.97. The molecule has 0 bridgehead atoms. The van der Waals surface area contributed by atoms with Gasteiger partial charge in [0.15, 0.2) is 40.2 Å². The first kappa shape index (κ1) is 18.4. The number of hydrogen-bond donors (Lipinski definition) is 1. The van der Waals surface area contributed by atoms with Crippen LogP contribution in [0, 0.1) is 0 Å². The second-order valence-electron chi connectivity index (χ2n) is 5.73. The molecular formula is C19H19IN2O4. The van der Waals surface area contributed by atoms with Crippen molar-refractivity contribution in [1.82, 2.24) is 4.68 Å². The quantitative estimate of drug-likeness (QED) is 0.348. The molecule has 0 unspecified atom stereocenters. The highest BCUT2D eigenvalue weighted by molar-refractivity contribution is 14.1. The van der Waals surface area contributed by atoms with Crippen molar-refractivity contribution in [3.63, 3.8) is 0 Å². The predicted octanol–water partition coefficient (Wildman–Crippen LogP) is 4.11. The minimum absolute atomic E-state index is 0.277. The maximum atomic E-state index is 12.4. The summed E-state index contributed by atoms with van der Waals surface area (Å²) in [6.45, 7) is 2.09. The second kappa shape index (κ2) is 7.45. The number of ether oxygens (including phenoxy) is 2. The van der Waals surface area contributed by atoms with Gasteiger partial charge in [0.05, 0.1) is 19.7 Å². The van der Waals surface area contributed by atoms with Crippen molar-refractivity contribution in [3.8, 4) is 22.6 Å². The van der Waals surface area contributed by atoms with E-state index in [1.807, 2.05) is 30.3 Å². The van der Waals surface area contributed by atoms with Gasteiger partial charge in [0.25, 0.3) is 0 Å². The van der Waals surface area contributed by atoms with Gasteiger partial charge >= 0.3 is 5.97 Å². The summed E-state index contributed by atoms with van der Waals surface area (Å²) >= 11 is 1.80. The highest BCUT2D eigenvalue weighted by atomic mass is 127. The lowest BCUT2D eigenvalue weighted by Crippen LogP contribution is -2.17. The molecule has 0 radical (unpaired) electrons. The van der Waals surface area contributed by atoms with Crippen LogP contribution in [0.25, 0.3) is 22.0 Å². The van der Waals surface area contributed by atoms with Crippen LogP contribution in [0.2, 0.25) is 0 Å². The minimum Gasteiger partial charge on any atom is -0.493 e. The molecule has 0 amide bonds. The van der Waals surface area contributed by atoms with E-state index in [0.717, 1.165) is 17.4 Å². The summed E-state index contributed by atoms with van der Waals surface area (Å²) in [5.41, 5.74) is 3.71. The molecule has 3 rings (SSSR count). The van der Waals surface area contributed by atoms with Crippen LogP contribution in [0.15, 0.2) is 36.4 Å². The number of nitrogen functional groups attached to an aromatic ring is 1. The molecule has 1 aromatic heterocycles. The molecule has 136 valence electrons. The molecule has 0 saturated heterocycles. The Balaban J connectivity index is 2.38. The number of aromatic nitrogens is 1. The Hall–Kier alpha value is -2.42. The Morgan fingerprint density at radius 1 is 1.15 bits per heavy atom. The van der Waals surface area contributed by atoms with E-state index in [9.17, 15) is 4.79 Å². The fourth-order valence-electron chi connectivity index (χ4n) is 3.03. The molecule has 0 atom stereocenters. The van der Waals surface area contributed by atoms with Crippen molar-refractivity contribution >= 4 is 39.9 Å². The molecule has 2 aromatic carbocycles. The van der Waals surface area contributed by atoms with Gasteiger partial charge in [-0.1, -0.05) is 31.2 Å². The molecule has 26 heavy (non-hydrogen) atoms. The van der Waals surface area contributed by atoms with E-state index in [2.05, 4.69) is 6.92 Å². The SMILES string of the molecule is CCc1ccc(-c2c(C(=O)OC)n(N)c3cc(OC)c(OI)cc23)cc1. The van der Waals surface area contributed by atoms with Crippen LogP contribution in [0.4, 0.5) is 0 Å². The van der Waals surface area contributed by atoms with Crippen molar-refractivity contribution < 1.29 is 17.3 Å². The number of hydrogen-bond acceptors (Lipinski definition) is 5. The van der Waals surface area contributed by atoms with Crippen molar-refractivity contribution in [2.45, 2.75) is 13.3 Å². The monoisotopic (exact) mass is 466 g/mol. The van der Waals surface area contributed by atoms with Gasteiger partial charge in [-0.15, -0.1) is 0 Å². The highest BCUT2D eigenvalue weighted by Crippen LogP contribution is 2.41. The van der Waals surface area contributed by atoms with E-state index >= 15 is 0 Å². The molecule has 6 nitrogen and oxygen atoms in total. The van der Waals surface area contributed by atoms with Crippen molar-refractivity contribution in [3.05, 3.63) is 47.7 Å². The molecule has 2 N–H and O–H groups in total. The molecule has 0 aliphatic carbocycles. The Labute approximate surface area is 165 Å². The Morgan fingerprint density at radius 2 is 1.85 bits per heavy atom. The standard InChI is InChI=1S/C19H19IN2O4/c1-4-11-5-7-12(8-6-11)17-13-9-16(26-20)15(24-2)10-14(13)22(21)18(17)19(23)25-3/h5-10H,4,21H2,1-3H3. The number of halogens is 1.